The number of carbonyl (C=O) groups excluding carboxylic acids is 1. The molecule has 1 aromatic carbocycles. The molecule has 0 spiro atoms. The zero-order chi connectivity index (χ0) is 12.3. The van der Waals surface area contributed by atoms with Gasteiger partial charge < -0.3 is 5.32 Å². The van der Waals surface area contributed by atoms with Crippen molar-refractivity contribution in [1.82, 2.24) is 5.32 Å². The number of Topliss-reactive ketones (excluding diaryl/α,β-unsaturated/α-hetero) is 1. The summed E-state index contributed by atoms with van der Waals surface area (Å²) >= 11 is 2.28. The molecule has 3 heteroatoms. The van der Waals surface area contributed by atoms with Gasteiger partial charge in [0.15, 0.2) is 0 Å². The molecule has 0 radical (unpaired) electrons. The lowest BCUT2D eigenvalue weighted by atomic mass is 9.75. The third kappa shape index (κ3) is 3.28. The van der Waals surface area contributed by atoms with Gasteiger partial charge in [0.05, 0.1) is 0 Å². The second-order valence-corrected chi connectivity index (χ2v) is 6.28. The van der Waals surface area contributed by atoms with Crippen LogP contribution in [0.25, 0.3) is 0 Å². The van der Waals surface area contributed by atoms with Crippen LogP contribution in [0.2, 0.25) is 0 Å². The second-order valence-electron chi connectivity index (χ2n) is 5.04. The van der Waals surface area contributed by atoms with E-state index >= 15 is 0 Å². The first-order valence-corrected chi connectivity index (χ1v) is 7.16. The minimum absolute atomic E-state index is 0.117. The predicted octanol–water partition coefficient (Wildman–Crippen LogP) is 2.79. The first-order valence-electron chi connectivity index (χ1n) is 6.09. The maximum Gasteiger partial charge on any atom is 0.143 e. The van der Waals surface area contributed by atoms with Gasteiger partial charge in [-0.05, 0) is 66.2 Å². The number of carbonyl (C=O) groups is 1. The monoisotopic (exact) mass is 343 g/mol. The number of ketones is 1. The van der Waals surface area contributed by atoms with E-state index in [1.165, 1.54) is 3.57 Å². The second kappa shape index (κ2) is 5.48. The Morgan fingerprint density at radius 3 is 2.47 bits per heavy atom. The number of hydrogen-bond donors (Lipinski definition) is 1. The van der Waals surface area contributed by atoms with Gasteiger partial charge in [0.2, 0.25) is 0 Å². The lowest BCUT2D eigenvalue weighted by molar-refractivity contribution is -0.128. The highest BCUT2D eigenvalue weighted by Crippen LogP contribution is 2.30. The topological polar surface area (TPSA) is 29.1 Å². The average Bonchev–Trinajstić information content (AvgIpc) is 2.33. The van der Waals surface area contributed by atoms with Crippen LogP contribution in [-0.4, -0.2) is 18.9 Å². The van der Waals surface area contributed by atoms with Crippen LogP contribution >= 0.6 is 22.6 Å². The minimum atomic E-state index is -0.117. The van der Waals surface area contributed by atoms with Gasteiger partial charge in [-0.15, -0.1) is 0 Å². The molecule has 17 heavy (non-hydrogen) atoms. The van der Waals surface area contributed by atoms with Gasteiger partial charge in [0, 0.05) is 15.4 Å². The smallest absolute Gasteiger partial charge is 0.143 e. The molecule has 2 rings (SSSR count). The number of piperidine rings is 1. The Hall–Kier alpha value is -0.420. The van der Waals surface area contributed by atoms with Crippen LogP contribution in [0.15, 0.2) is 24.3 Å². The summed E-state index contributed by atoms with van der Waals surface area (Å²) in [7, 11) is 0. The molecule has 1 fully saturated rings. The predicted molar refractivity (Wildman–Crippen MR) is 78.1 cm³/mol. The standard InChI is InChI=1S/C14H18INO/c1-14(6-8-16-9-7-14)13(17)10-11-2-4-12(15)5-3-11/h2-5,16H,6-10H2,1H3. The summed E-state index contributed by atoms with van der Waals surface area (Å²) in [6, 6.07) is 8.25. The van der Waals surface area contributed by atoms with E-state index in [-0.39, 0.29) is 5.41 Å². The Balaban J connectivity index is 2.03. The molecule has 1 saturated heterocycles. The fourth-order valence-corrected chi connectivity index (χ4v) is 2.62. The lowest BCUT2D eigenvalue weighted by Crippen LogP contribution is -2.40. The molecule has 0 saturated carbocycles. The van der Waals surface area contributed by atoms with Crippen LogP contribution in [0, 0.1) is 8.99 Å². The highest BCUT2D eigenvalue weighted by molar-refractivity contribution is 14.1. The summed E-state index contributed by atoms with van der Waals surface area (Å²) in [6.45, 7) is 4.05. The van der Waals surface area contributed by atoms with Gasteiger partial charge in [-0.1, -0.05) is 19.1 Å². The molecule has 1 heterocycles. The van der Waals surface area contributed by atoms with Crippen molar-refractivity contribution < 1.29 is 4.79 Å². The number of halogens is 1. The third-order valence-corrected chi connectivity index (χ3v) is 4.38. The summed E-state index contributed by atoms with van der Waals surface area (Å²) in [6.07, 6.45) is 2.51. The van der Waals surface area contributed by atoms with E-state index in [9.17, 15) is 4.79 Å². The zero-order valence-corrected chi connectivity index (χ0v) is 12.3. The van der Waals surface area contributed by atoms with Gasteiger partial charge in [0.25, 0.3) is 0 Å². The number of hydrogen-bond acceptors (Lipinski definition) is 2. The molecule has 1 aromatic rings. The lowest BCUT2D eigenvalue weighted by Gasteiger charge is -2.32. The molecular formula is C14H18INO. The van der Waals surface area contributed by atoms with Crippen molar-refractivity contribution in [3.63, 3.8) is 0 Å². The van der Waals surface area contributed by atoms with E-state index in [1.54, 1.807) is 0 Å². The van der Waals surface area contributed by atoms with Crippen LogP contribution in [0.4, 0.5) is 0 Å². The SMILES string of the molecule is CC1(C(=O)Cc2ccc(I)cc2)CCNCC1. The minimum Gasteiger partial charge on any atom is -0.317 e. The maximum atomic E-state index is 12.3. The Morgan fingerprint density at radius 1 is 1.29 bits per heavy atom. The first kappa shape index (κ1) is 13.0. The average molecular weight is 343 g/mol. The van der Waals surface area contributed by atoms with Crippen molar-refractivity contribution in [3.8, 4) is 0 Å². The number of benzene rings is 1. The van der Waals surface area contributed by atoms with Crippen LogP contribution < -0.4 is 5.32 Å². The van der Waals surface area contributed by atoms with E-state index in [4.69, 9.17) is 0 Å². The van der Waals surface area contributed by atoms with Crippen LogP contribution in [0.3, 0.4) is 0 Å². The fraction of sp³-hybridized carbons (Fsp3) is 0.500. The van der Waals surface area contributed by atoms with Crippen LogP contribution in [-0.2, 0) is 11.2 Å². The Bertz CT molecular complexity index is 393. The Morgan fingerprint density at radius 2 is 1.88 bits per heavy atom. The first-order chi connectivity index (χ1) is 8.10. The molecule has 0 bridgehead atoms. The number of nitrogens with one attached hydrogen (secondary N) is 1. The van der Waals surface area contributed by atoms with E-state index in [0.717, 1.165) is 31.5 Å². The summed E-state index contributed by atoms with van der Waals surface area (Å²) in [5.74, 6) is 0.389. The molecule has 0 amide bonds. The van der Waals surface area contributed by atoms with Gasteiger partial charge in [-0.25, -0.2) is 0 Å². The molecule has 0 atom stereocenters. The Kier molecular flexibility index (Phi) is 4.20. The summed E-state index contributed by atoms with van der Waals surface area (Å²) in [5.41, 5.74) is 1.02. The molecule has 1 aliphatic heterocycles. The van der Waals surface area contributed by atoms with Crippen molar-refractivity contribution in [1.29, 1.82) is 0 Å². The summed E-state index contributed by atoms with van der Waals surface area (Å²) in [5, 5.41) is 3.31. The quantitative estimate of drug-likeness (QED) is 0.856. The van der Waals surface area contributed by atoms with E-state index in [1.807, 2.05) is 0 Å². The van der Waals surface area contributed by atoms with Crippen molar-refractivity contribution in [3.05, 3.63) is 33.4 Å². The van der Waals surface area contributed by atoms with Crippen molar-refractivity contribution in [2.75, 3.05) is 13.1 Å². The van der Waals surface area contributed by atoms with Gasteiger partial charge >= 0.3 is 0 Å². The maximum absolute atomic E-state index is 12.3. The van der Waals surface area contributed by atoms with Crippen LogP contribution in [0.1, 0.15) is 25.3 Å². The van der Waals surface area contributed by atoms with E-state index in [2.05, 4.69) is 59.1 Å². The normalized spacial score (nSPS) is 18.9. The number of rotatable bonds is 3. The largest absolute Gasteiger partial charge is 0.317 e. The highest BCUT2D eigenvalue weighted by atomic mass is 127. The third-order valence-electron chi connectivity index (χ3n) is 3.66. The van der Waals surface area contributed by atoms with Gasteiger partial charge in [-0.2, -0.15) is 0 Å². The highest BCUT2D eigenvalue weighted by Gasteiger charge is 2.33. The van der Waals surface area contributed by atoms with Crippen molar-refractivity contribution in [2.45, 2.75) is 26.2 Å². The molecule has 92 valence electrons. The molecule has 1 N–H and O–H groups in total. The molecule has 0 aliphatic carbocycles. The molecule has 0 unspecified atom stereocenters. The Labute approximate surface area is 116 Å². The molecule has 2 nitrogen and oxygen atoms in total. The molecular weight excluding hydrogens is 325 g/mol. The van der Waals surface area contributed by atoms with Gasteiger partial charge in [0.1, 0.15) is 5.78 Å². The zero-order valence-electron chi connectivity index (χ0n) is 10.1. The van der Waals surface area contributed by atoms with E-state index < -0.39 is 0 Å². The molecule has 1 aliphatic rings. The van der Waals surface area contributed by atoms with Crippen molar-refractivity contribution in [2.24, 2.45) is 5.41 Å². The summed E-state index contributed by atoms with van der Waals surface area (Å²) < 4.78 is 1.21. The van der Waals surface area contributed by atoms with E-state index in [0.29, 0.717) is 12.2 Å². The van der Waals surface area contributed by atoms with Crippen LogP contribution in [0.5, 0.6) is 0 Å². The molecule has 0 aromatic heterocycles. The van der Waals surface area contributed by atoms with Crippen molar-refractivity contribution >= 4 is 28.4 Å². The summed E-state index contributed by atoms with van der Waals surface area (Å²) in [4.78, 5) is 12.3. The van der Waals surface area contributed by atoms with Gasteiger partial charge in [-0.3, -0.25) is 4.79 Å². The fourth-order valence-electron chi connectivity index (χ4n) is 2.26.